The monoisotopic (exact) mass is 379 g/mol. The van der Waals surface area contributed by atoms with E-state index in [9.17, 15) is 14.4 Å². The van der Waals surface area contributed by atoms with Gasteiger partial charge in [-0.25, -0.2) is 4.79 Å². The van der Waals surface area contributed by atoms with Crippen molar-refractivity contribution in [1.29, 1.82) is 0 Å². The van der Waals surface area contributed by atoms with Gasteiger partial charge in [-0.3, -0.25) is 14.5 Å². The number of benzene rings is 2. The van der Waals surface area contributed by atoms with E-state index in [4.69, 9.17) is 0 Å². The largest absolute Gasteiger partial charge is 0.325 e. The van der Waals surface area contributed by atoms with E-state index in [2.05, 4.69) is 10.6 Å². The molecule has 6 heteroatoms. The Morgan fingerprint density at radius 2 is 1.86 bits per heavy atom. The van der Waals surface area contributed by atoms with Gasteiger partial charge in [0.15, 0.2) is 0 Å². The highest BCUT2D eigenvalue weighted by Crippen LogP contribution is 2.34. The molecule has 146 valence electrons. The van der Waals surface area contributed by atoms with Crippen molar-refractivity contribution >= 4 is 23.5 Å². The van der Waals surface area contributed by atoms with Crippen LogP contribution in [0, 0.1) is 6.92 Å². The fraction of sp³-hybridized carbons (Fsp3) is 0.318. The Kier molecular flexibility index (Phi) is 5.78. The summed E-state index contributed by atoms with van der Waals surface area (Å²) >= 11 is 0. The quantitative estimate of drug-likeness (QED) is 0.722. The van der Waals surface area contributed by atoms with E-state index in [0.29, 0.717) is 12.1 Å². The van der Waals surface area contributed by atoms with E-state index >= 15 is 0 Å². The van der Waals surface area contributed by atoms with Gasteiger partial charge in [0.1, 0.15) is 12.1 Å². The molecule has 0 spiro atoms. The van der Waals surface area contributed by atoms with Crippen molar-refractivity contribution < 1.29 is 14.4 Å². The molecule has 1 fully saturated rings. The average Bonchev–Trinajstić information content (AvgIpc) is 2.92. The van der Waals surface area contributed by atoms with E-state index in [0.717, 1.165) is 28.9 Å². The highest BCUT2D eigenvalue weighted by atomic mass is 16.2. The Bertz CT molecular complexity index is 882. The third kappa shape index (κ3) is 3.91. The second-order valence-corrected chi connectivity index (χ2v) is 7.11. The lowest BCUT2D eigenvalue weighted by molar-refractivity contribution is -0.134. The lowest BCUT2D eigenvalue weighted by Gasteiger charge is -2.27. The highest BCUT2D eigenvalue weighted by Gasteiger charge is 2.52. The van der Waals surface area contributed by atoms with E-state index in [1.54, 1.807) is 6.07 Å². The number of carbonyl (C=O) groups is 3. The molecular formula is C22H25N3O3. The molecule has 1 saturated heterocycles. The first-order chi connectivity index (χ1) is 13.5. The number of rotatable bonds is 7. The number of hydrogen-bond acceptors (Lipinski definition) is 3. The fourth-order valence-corrected chi connectivity index (χ4v) is 3.51. The number of nitrogens with one attached hydrogen (secondary N) is 2. The molecule has 1 heterocycles. The van der Waals surface area contributed by atoms with Gasteiger partial charge in [-0.15, -0.1) is 0 Å². The fourth-order valence-electron chi connectivity index (χ4n) is 3.51. The molecule has 1 aliphatic heterocycles. The molecule has 3 rings (SSSR count). The van der Waals surface area contributed by atoms with Crippen LogP contribution < -0.4 is 10.6 Å². The van der Waals surface area contributed by atoms with E-state index in [1.165, 1.54) is 0 Å². The molecule has 2 N–H and O–H groups in total. The van der Waals surface area contributed by atoms with Crippen molar-refractivity contribution in [1.82, 2.24) is 10.2 Å². The van der Waals surface area contributed by atoms with Crippen LogP contribution in [0.3, 0.4) is 0 Å². The summed E-state index contributed by atoms with van der Waals surface area (Å²) in [5.41, 5.74) is 1.27. The second kappa shape index (κ2) is 8.25. The van der Waals surface area contributed by atoms with Crippen molar-refractivity contribution in [3.05, 3.63) is 65.7 Å². The lowest BCUT2D eigenvalue weighted by Crippen LogP contribution is -2.44. The van der Waals surface area contributed by atoms with E-state index < -0.39 is 17.5 Å². The Hall–Kier alpha value is -3.15. The Labute approximate surface area is 164 Å². The van der Waals surface area contributed by atoms with Crippen molar-refractivity contribution in [3.8, 4) is 0 Å². The van der Waals surface area contributed by atoms with Gasteiger partial charge >= 0.3 is 6.03 Å². The van der Waals surface area contributed by atoms with Crippen LogP contribution in [0.5, 0.6) is 0 Å². The maximum atomic E-state index is 13.2. The van der Waals surface area contributed by atoms with Crippen molar-refractivity contribution in [2.24, 2.45) is 0 Å². The van der Waals surface area contributed by atoms with Gasteiger partial charge in [0.2, 0.25) is 5.91 Å². The molecule has 1 aliphatic rings. The lowest BCUT2D eigenvalue weighted by atomic mass is 9.85. The van der Waals surface area contributed by atoms with Crippen LogP contribution in [-0.2, 0) is 15.1 Å². The third-order valence-electron chi connectivity index (χ3n) is 4.95. The minimum Gasteiger partial charge on any atom is -0.325 e. The number of unbranched alkanes of at least 4 members (excludes halogenated alkanes) is 1. The van der Waals surface area contributed by atoms with E-state index in [1.807, 2.05) is 62.4 Å². The molecule has 2 aromatic carbocycles. The standard InChI is InChI=1S/C22H25N3O3/c1-3-4-13-22(17-10-6-5-7-11-17)20(27)25(21(28)24-22)15-19(26)23-18-12-8-9-16(2)14-18/h5-12,14H,3-4,13,15H2,1-2H3,(H,23,26)(H,24,28). The number of carbonyl (C=O) groups excluding carboxylic acids is 3. The van der Waals surface area contributed by atoms with Crippen LogP contribution in [0.1, 0.15) is 37.3 Å². The molecular weight excluding hydrogens is 354 g/mol. The predicted octanol–water partition coefficient (Wildman–Crippen LogP) is 3.57. The zero-order chi connectivity index (χ0) is 20.1. The number of amides is 4. The number of urea groups is 1. The number of imide groups is 1. The zero-order valence-corrected chi connectivity index (χ0v) is 16.2. The van der Waals surface area contributed by atoms with Crippen molar-refractivity contribution in [2.45, 2.75) is 38.6 Å². The number of nitrogens with zero attached hydrogens (tertiary/aromatic N) is 1. The maximum absolute atomic E-state index is 13.2. The first-order valence-corrected chi connectivity index (χ1v) is 9.52. The first kappa shape index (κ1) is 19.6. The number of aryl methyl sites for hydroxylation is 1. The SMILES string of the molecule is CCCCC1(c2ccccc2)NC(=O)N(CC(=O)Nc2cccc(C)c2)C1=O. The molecule has 2 aromatic rings. The molecule has 1 atom stereocenters. The summed E-state index contributed by atoms with van der Waals surface area (Å²) in [7, 11) is 0. The van der Waals surface area contributed by atoms with Gasteiger partial charge in [0.25, 0.3) is 5.91 Å². The van der Waals surface area contributed by atoms with Gasteiger partial charge in [0, 0.05) is 5.69 Å². The molecule has 0 aromatic heterocycles. The Balaban J connectivity index is 1.80. The van der Waals surface area contributed by atoms with Crippen molar-refractivity contribution in [3.63, 3.8) is 0 Å². The van der Waals surface area contributed by atoms with Crippen LogP contribution in [0.4, 0.5) is 10.5 Å². The van der Waals surface area contributed by atoms with Gasteiger partial charge < -0.3 is 10.6 Å². The first-order valence-electron chi connectivity index (χ1n) is 9.52. The molecule has 4 amide bonds. The summed E-state index contributed by atoms with van der Waals surface area (Å²) in [6.45, 7) is 3.64. The summed E-state index contributed by atoms with van der Waals surface area (Å²) in [6, 6.07) is 16.1. The maximum Gasteiger partial charge on any atom is 0.325 e. The summed E-state index contributed by atoms with van der Waals surface area (Å²) in [6.07, 6.45) is 2.17. The van der Waals surface area contributed by atoms with Crippen LogP contribution in [0.2, 0.25) is 0 Å². The summed E-state index contributed by atoms with van der Waals surface area (Å²) in [5, 5.41) is 5.60. The van der Waals surface area contributed by atoms with Gasteiger partial charge in [0.05, 0.1) is 0 Å². The summed E-state index contributed by atoms with van der Waals surface area (Å²) in [4.78, 5) is 39.3. The molecule has 0 aliphatic carbocycles. The number of hydrogen-bond donors (Lipinski definition) is 2. The van der Waals surface area contributed by atoms with E-state index in [-0.39, 0.29) is 12.5 Å². The highest BCUT2D eigenvalue weighted by molar-refractivity contribution is 6.10. The molecule has 0 radical (unpaired) electrons. The molecule has 0 saturated carbocycles. The second-order valence-electron chi connectivity index (χ2n) is 7.11. The Morgan fingerprint density at radius 3 is 2.54 bits per heavy atom. The van der Waals surface area contributed by atoms with Gasteiger partial charge in [-0.1, -0.05) is 62.2 Å². The minimum absolute atomic E-state index is 0.320. The molecule has 28 heavy (non-hydrogen) atoms. The summed E-state index contributed by atoms with van der Waals surface area (Å²) in [5.74, 6) is -0.787. The molecule has 1 unspecified atom stereocenters. The van der Waals surface area contributed by atoms with Gasteiger partial charge in [-0.2, -0.15) is 0 Å². The normalized spacial score (nSPS) is 18.9. The zero-order valence-electron chi connectivity index (χ0n) is 16.2. The number of anilines is 1. The molecule has 0 bridgehead atoms. The predicted molar refractivity (Wildman–Crippen MR) is 108 cm³/mol. The third-order valence-corrected chi connectivity index (χ3v) is 4.95. The average molecular weight is 379 g/mol. The smallest absolute Gasteiger partial charge is 0.325 e. The molecule has 6 nitrogen and oxygen atoms in total. The van der Waals surface area contributed by atoms with Gasteiger partial charge in [-0.05, 0) is 36.6 Å². The van der Waals surface area contributed by atoms with Crippen LogP contribution in [0.25, 0.3) is 0 Å². The minimum atomic E-state index is -1.11. The summed E-state index contributed by atoms with van der Waals surface area (Å²) < 4.78 is 0. The Morgan fingerprint density at radius 1 is 1.11 bits per heavy atom. The van der Waals surface area contributed by atoms with Crippen molar-refractivity contribution in [2.75, 3.05) is 11.9 Å². The van der Waals surface area contributed by atoms with Crippen LogP contribution >= 0.6 is 0 Å². The topological polar surface area (TPSA) is 78.5 Å². The van der Waals surface area contributed by atoms with Crippen LogP contribution in [0.15, 0.2) is 54.6 Å². The van der Waals surface area contributed by atoms with Crippen LogP contribution in [-0.4, -0.2) is 29.3 Å².